The first-order valence-electron chi connectivity index (χ1n) is 5.24. The summed E-state index contributed by atoms with van der Waals surface area (Å²) in [6.07, 6.45) is 0.603. The van der Waals surface area contributed by atoms with Crippen molar-refractivity contribution in [3.63, 3.8) is 0 Å². The molecule has 4 heteroatoms. The van der Waals surface area contributed by atoms with Gasteiger partial charge >= 0.3 is 5.97 Å². The normalized spacial score (nSPS) is 25.3. The Balaban J connectivity index is 2.23. The highest BCUT2D eigenvalue weighted by Crippen LogP contribution is 2.31. The second kappa shape index (κ2) is 5.14. The molecule has 1 aromatic rings. The first kappa shape index (κ1) is 11.9. The third-order valence-electron chi connectivity index (χ3n) is 2.97. The quantitative estimate of drug-likeness (QED) is 0.847. The minimum atomic E-state index is -0.716. The van der Waals surface area contributed by atoms with E-state index in [1.54, 1.807) is 0 Å². The number of carboxylic acids is 1. The van der Waals surface area contributed by atoms with Gasteiger partial charge in [0.25, 0.3) is 0 Å². The Bertz CT molecular complexity index is 374. The highest BCUT2D eigenvalue weighted by Gasteiger charge is 2.32. The van der Waals surface area contributed by atoms with Crippen LogP contribution in [0.5, 0.6) is 0 Å². The van der Waals surface area contributed by atoms with Gasteiger partial charge in [0.05, 0.1) is 12.5 Å². The van der Waals surface area contributed by atoms with Crippen LogP contribution in [0.4, 0.5) is 0 Å². The zero-order valence-electron chi connectivity index (χ0n) is 8.73. The van der Waals surface area contributed by atoms with Gasteiger partial charge in [0.1, 0.15) is 0 Å². The van der Waals surface area contributed by atoms with E-state index in [1.165, 1.54) is 0 Å². The average Bonchev–Trinajstić information content (AvgIpc) is 2.30. The molecule has 1 aromatic carbocycles. The van der Waals surface area contributed by atoms with Crippen molar-refractivity contribution in [2.24, 2.45) is 5.92 Å². The highest BCUT2D eigenvalue weighted by atomic mass is 127. The average molecular weight is 332 g/mol. The maximum Gasteiger partial charge on any atom is 0.307 e. The number of hydrogen-bond acceptors (Lipinski definition) is 2. The predicted molar refractivity (Wildman–Crippen MR) is 68.5 cm³/mol. The number of carboxylic acid groups (broad SMARTS) is 1. The standard InChI is InChI=1S/C12H13IO3/c13-9-3-1-8(2-4-9)11-7-16-6-5-10(11)12(14)15/h1-4,10-11H,5-7H2,(H,14,15). The van der Waals surface area contributed by atoms with E-state index in [4.69, 9.17) is 9.84 Å². The van der Waals surface area contributed by atoms with Crippen LogP contribution in [0.25, 0.3) is 0 Å². The van der Waals surface area contributed by atoms with Gasteiger partial charge in [0.2, 0.25) is 0 Å². The summed E-state index contributed by atoms with van der Waals surface area (Å²) in [5.74, 6) is -1.04. The largest absolute Gasteiger partial charge is 0.481 e. The van der Waals surface area contributed by atoms with Gasteiger partial charge in [0, 0.05) is 16.1 Å². The molecule has 0 aromatic heterocycles. The smallest absolute Gasteiger partial charge is 0.307 e. The Kier molecular flexibility index (Phi) is 3.81. The van der Waals surface area contributed by atoms with Gasteiger partial charge < -0.3 is 9.84 Å². The first-order valence-corrected chi connectivity index (χ1v) is 6.32. The lowest BCUT2D eigenvalue weighted by Crippen LogP contribution is -2.31. The second-order valence-electron chi connectivity index (χ2n) is 3.97. The van der Waals surface area contributed by atoms with E-state index in [2.05, 4.69) is 22.6 Å². The topological polar surface area (TPSA) is 46.5 Å². The molecular weight excluding hydrogens is 319 g/mol. The number of hydrogen-bond donors (Lipinski definition) is 1. The van der Waals surface area contributed by atoms with Gasteiger partial charge in [-0.15, -0.1) is 0 Å². The third-order valence-corrected chi connectivity index (χ3v) is 3.69. The number of halogens is 1. The summed E-state index contributed by atoms with van der Waals surface area (Å²) in [6, 6.07) is 8.00. The molecule has 0 bridgehead atoms. The molecule has 86 valence electrons. The molecule has 3 nitrogen and oxygen atoms in total. The Morgan fingerprint density at radius 2 is 2.06 bits per heavy atom. The van der Waals surface area contributed by atoms with E-state index in [0.29, 0.717) is 19.6 Å². The maximum absolute atomic E-state index is 11.1. The SMILES string of the molecule is O=C(O)C1CCOCC1c1ccc(I)cc1. The lowest BCUT2D eigenvalue weighted by molar-refractivity contribution is -0.146. The summed E-state index contributed by atoms with van der Waals surface area (Å²) in [5, 5.41) is 9.17. The molecule has 2 rings (SSSR count). The molecule has 0 saturated carbocycles. The molecule has 1 aliphatic heterocycles. The summed E-state index contributed by atoms with van der Waals surface area (Å²) in [6.45, 7) is 1.06. The number of aliphatic carboxylic acids is 1. The molecule has 1 heterocycles. The van der Waals surface area contributed by atoms with Crippen LogP contribution in [-0.2, 0) is 9.53 Å². The zero-order chi connectivity index (χ0) is 11.5. The van der Waals surface area contributed by atoms with Crippen molar-refractivity contribution in [2.45, 2.75) is 12.3 Å². The van der Waals surface area contributed by atoms with Crippen LogP contribution in [0.15, 0.2) is 24.3 Å². The molecular formula is C12H13IO3. The van der Waals surface area contributed by atoms with Gasteiger partial charge in [-0.2, -0.15) is 0 Å². The second-order valence-corrected chi connectivity index (χ2v) is 5.21. The molecule has 0 spiro atoms. The molecule has 16 heavy (non-hydrogen) atoms. The van der Waals surface area contributed by atoms with E-state index in [9.17, 15) is 4.79 Å². The van der Waals surface area contributed by atoms with Gasteiger partial charge in [0.15, 0.2) is 0 Å². The van der Waals surface area contributed by atoms with Crippen LogP contribution in [-0.4, -0.2) is 24.3 Å². The van der Waals surface area contributed by atoms with Crippen LogP contribution >= 0.6 is 22.6 Å². The van der Waals surface area contributed by atoms with E-state index in [-0.39, 0.29) is 11.8 Å². The van der Waals surface area contributed by atoms with Crippen LogP contribution in [0.2, 0.25) is 0 Å². The van der Waals surface area contributed by atoms with E-state index >= 15 is 0 Å². The fourth-order valence-corrected chi connectivity index (χ4v) is 2.43. The van der Waals surface area contributed by atoms with Gasteiger partial charge in [-0.1, -0.05) is 12.1 Å². The van der Waals surface area contributed by atoms with Gasteiger partial charge in [-0.05, 0) is 46.7 Å². The Morgan fingerprint density at radius 3 is 2.69 bits per heavy atom. The number of ether oxygens (including phenoxy) is 1. The zero-order valence-corrected chi connectivity index (χ0v) is 10.9. The Labute approximate surface area is 108 Å². The molecule has 0 aliphatic carbocycles. The minimum absolute atomic E-state index is 0.0109. The summed E-state index contributed by atoms with van der Waals surface area (Å²) < 4.78 is 6.54. The Morgan fingerprint density at radius 1 is 1.38 bits per heavy atom. The monoisotopic (exact) mass is 332 g/mol. The summed E-state index contributed by atoms with van der Waals surface area (Å²) in [5.41, 5.74) is 1.06. The van der Waals surface area contributed by atoms with Crippen molar-refractivity contribution in [1.82, 2.24) is 0 Å². The summed E-state index contributed by atoms with van der Waals surface area (Å²) in [7, 11) is 0. The van der Waals surface area contributed by atoms with Crippen LogP contribution < -0.4 is 0 Å². The van der Waals surface area contributed by atoms with E-state index in [1.807, 2.05) is 24.3 Å². The first-order chi connectivity index (χ1) is 7.68. The molecule has 0 radical (unpaired) electrons. The fraction of sp³-hybridized carbons (Fsp3) is 0.417. The number of carbonyl (C=O) groups is 1. The molecule has 2 atom stereocenters. The third kappa shape index (κ3) is 2.55. The molecule has 1 N–H and O–H groups in total. The fourth-order valence-electron chi connectivity index (χ4n) is 2.07. The number of rotatable bonds is 2. The molecule has 1 aliphatic rings. The Hall–Kier alpha value is -0.620. The van der Waals surface area contributed by atoms with Crippen LogP contribution in [0.3, 0.4) is 0 Å². The van der Waals surface area contributed by atoms with Gasteiger partial charge in [-0.3, -0.25) is 4.79 Å². The minimum Gasteiger partial charge on any atom is -0.481 e. The van der Waals surface area contributed by atoms with Crippen molar-refractivity contribution in [3.8, 4) is 0 Å². The number of benzene rings is 1. The lowest BCUT2D eigenvalue weighted by Gasteiger charge is -2.28. The molecule has 1 saturated heterocycles. The lowest BCUT2D eigenvalue weighted by atomic mass is 9.83. The van der Waals surface area contributed by atoms with Gasteiger partial charge in [-0.25, -0.2) is 0 Å². The van der Waals surface area contributed by atoms with Crippen molar-refractivity contribution in [1.29, 1.82) is 0 Å². The predicted octanol–water partition coefficient (Wildman–Crippen LogP) is 2.50. The van der Waals surface area contributed by atoms with Crippen LogP contribution in [0.1, 0.15) is 17.9 Å². The van der Waals surface area contributed by atoms with Crippen molar-refractivity contribution in [2.75, 3.05) is 13.2 Å². The highest BCUT2D eigenvalue weighted by molar-refractivity contribution is 14.1. The van der Waals surface area contributed by atoms with Crippen molar-refractivity contribution < 1.29 is 14.6 Å². The van der Waals surface area contributed by atoms with E-state index in [0.717, 1.165) is 9.13 Å². The maximum atomic E-state index is 11.1. The van der Waals surface area contributed by atoms with Crippen molar-refractivity contribution in [3.05, 3.63) is 33.4 Å². The molecule has 2 unspecified atom stereocenters. The van der Waals surface area contributed by atoms with Crippen molar-refractivity contribution >= 4 is 28.6 Å². The summed E-state index contributed by atoms with van der Waals surface area (Å²) >= 11 is 2.24. The van der Waals surface area contributed by atoms with Crippen LogP contribution in [0, 0.1) is 9.49 Å². The molecule has 0 amide bonds. The summed E-state index contributed by atoms with van der Waals surface area (Å²) in [4.78, 5) is 11.1. The van der Waals surface area contributed by atoms with E-state index < -0.39 is 5.97 Å². The molecule has 1 fully saturated rings.